The fourth-order valence-corrected chi connectivity index (χ4v) is 7.98. The van der Waals surface area contributed by atoms with Crippen LogP contribution < -0.4 is 19.7 Å². The molecule has 1 fully saturated rings. The van der Waals surface area contributed by atoms with E-state index in [0.29, 0.717) is 56.1 Å². The molecule has 7 rings (SSSR count). The summed E-state index contributed by atoms with van der Waals surface area (Å²) in [6.45, 7) is 6.30. The van der Waals surface area contributed by atoms with Crippen LogP contribution in [-0.2, 0) is 9.59 Å². The molecule has 1 N–H and O–H groups in total. The maximum Gasteiger partial charge on any atom is 0.242 e. The fraction of sp³-hybridized carbons (Fsp3) is 0.333. The molecule has 2 aliphatic heterocycles. The summed E-state index contributed by atoms with van der Waals surface area (Å²) in [7, 11) is 3.17. The molecule has 0 aromatic heterocycles. The van der Waals surface area contributed by atoms with Crippen LogP contribution in [-0.4, -0.2) is 68.4 Å². The lowest BCUT2D eigenvalue weighted by molar-refractivity contribution is -0.131. The van der Waals surface area contributed by atoms with Crippen LogP contribution in [0.15, 0.2) is 102 Å². The minimum absolute atomic E-state index is 0.0323. The number of allylic oxidation sites excluding steroid dienone is 1. The van der Waals surface area contributed by atoms with Crippen LogP contribution in [0.1, 0.15) is 55.5 Å². The van der Waals surface area contributed by atoms with E-state index >= 15 is 0 Å². The van der Waals surface area contributed by atoms with E-state index in [9.17, 15) is 18.4 Å². The van der Waals surface area contributed by atoms with Gasteiger partial charge in [-0.05, 0) is 77.1 Å². The van der Waals surface area contributed by atoms with Gasteiger partial charge in [0.1, 0.15) is 11.6 Å². The number of ketones is 1. The Morgan fingerprint density at radius 3 is 2.06 bits per heavy atom. The first-order valence-corrected chi connectivity index (χ1v) is 17.7. The van der Waals surface area contributed by atoms with Gasteiger partial charge in [0.2, 0.25) is 5.91 Å². The zero-order valence-electron chi connectivity index (χ0n) is 30.0. The van der Waals surface area contributed by atoms with E-state index in [4.69, 9.17) is 9.47 Å². The number of Topliss-reactive ketones (excluding diaryl/α,β-unsaturated/α-hetero) is 1. The molecular formula is C42H44F2N4O4. The lowest BCUT2D eigenvalue weighted by Crippen LogP contribution is -2.52. The Morgan fingerprint density at radius 1 is 0.827 bits per heavy atom. The van der Waals surface area contributed by atoms with Crippen LogP contribution in [0.4, 0.5) is 20.2 Å². The van der Waals surface area contributed by atoms with Gasteiger partial charge in [-0.1, -0.05) is 56.3 Å². The number of nitrogens with zero attached hydrogens (tertiary/aromatic N) is 3. The third-order valence-electron chi connectivity index (χ3n) is 10.4. The summed E-state index contributed by atoms with van der Waals surface area (Å²) in [5.41, 5.74) is 5.55. The zero-order valence-corrected chi connectivity index (χ0v) is 30.0. The molecule has 52 heavy (non-hydrogen) atoms. The molecule has 4 aromatic carbocycles. The summed E-state index contributed by atoms with van der Waals surface area (Å²) in [5.74, 6) is 0.447. The van der Waals surface area contributed by atoms with Gasteiger partial charge >= 0.3 is 0 Å². The molecule has 8 nitrogen and oxygen atoms in total. The van der Waals surface area contributed by atoms with Gasteiger partial charge in [0.15, 0.2) is 17.3 Å². The maximum atomic E-state index is 14.4. The van der Waals surface area contributed by atoms with Gasteiger partial charge in [0.05, 0.1) is 44.2 Å². The number of nitrogens with one attached hydrogen (secondary N) is 1. The molecule has 1 aliphatic carbocycles. The number of methoxy groups -OCH3 is 2. The molecule has 1 atom stereocenters. The van der Waals surface area contributed by atoms with Gasteiger partial charge in [-0.25, -0.2) is 8.78 Å². The van der Waals surface area contributed by atoms with Crippen molar-refractivity contribution in [3.63, 3.8) is 0 Å². The number of rotatable bonds is 8. The van der Waals surface area contributed by atoms with Crippen LogP contribution in [0, 0.1) is 17.0 Å². The molecule has 2 heterocycles. The van der Waals surface area contributed by atoms with E-state index in [0.717, 1.165) is 33.8 Å². The predicted octanol–water partition coefficient (Wildman–Crippen LogP) is 7.53. The first-order chi connectivity index (χ1) is 25.0. The number of amides is 1. The maximum absolute atomic E-state index is 14.4. The number of fused-ring (bicyclic) bond motifs is 1. The number of carbonyl (C=O) groups is 2. The topological polar surface area (TPSA) is 74.4 Å². The number of ether oxygens (including phenoxy) is 2. The third-order valence-corrected chi connectivity index (χ3v) is 10.4. The number of carbonyl (C=O) groups excluding carboxylic acids is 2. The Balaban J connectivity index is 1.21. The number of hydrogen-bond acceptors (Lipinski definition) is 7. The highest BCUT2D eigenvalue weighted by Gasteiger charge is 2.42. The monoisotopic (exact) mass is 706 g/mol. The first-order valence-electron chi connectivity index (χ1n) is 17.7. The van der Waals surface area contributed by atoms with Crippen molar-refractivity contribution < 1.29 is 27.8 Å². The lowest BCUT2D eigenvalue weighted by Gasteiger charge is -2.41. The van der Waals surface area contributed by atoms with Gasteiger partial charge in [0, 0.05) is 43.9 Å². The zero-order chi connectivity index (χ0) is 36.6. The van der Waals surface area contributed by atoms with Gasteiger partial charge in [-0.15, -0.1) is 0 Å². The van der Waals surface area contributed by atoms with Crippen molar-refractivity contribution in [1.82, 2.24) is 9.80 Å². The van der Waals surface area contributed by atoms with Crippen LogP contribution in [0.3, 0.4) is 0 Å². The van der Waals surface area contributed by atoms with Crippen molar-refractivity contribution >= 4 is 23.1 Å². The summed E-state index contributed by atoms with van der Waals surface area (Å²) in [6, 6.07) is 25.6. The van der Waals surface area contributed by atoms with E-state index in [2.05, 4.69) is 29.0 Å². The van der Waals surface area contributed by atoms with Crippen molar-refractivity contribution in [2.45, 2.75) is 38.8 Å². The van der Waals surface area contributed by atoms with Crippen LogP contribution in [0.25, 0.3) is 0 Å². The fourth-order valence-electron chi connectivity index (χ4n) is 7.98. The summed E-state index contributed by atoms with van der Waals surface area (Å²) >= 11 is 0. The van der Waals surface area contributed by atoms with E-state index in [1.807, 2.05) is 47.4 Å². The van der Waals surface area contributed by atoms with Crippen molar-refractivity contribution in [3.8, 4) is 11.5 Å². The van der Waals surface area contributed by atoms with Gasteiger partial charge < -0.3 is 24.6 Å². The minimum atomic E-state index is -0.568. The molecule has 0 bridgehead atoms. The second kappa shape index (κ2) is 14.4. The Kier molecular flexibility index (Phi) is 9.76. The molecule has 3 aliphatic rings. The number of anilines is 2. The first kappa shape index (κ1) is 35.2. The van der Waals surface area contributed by atoms with E-state index < -0.39 is 6.04 Å². The average molecular weight is 707 g/mol. The summed E-state index contributed by atoms with van der Waals surface area (Å²) in [4.78, 5) is 34.8. The van der Waals surface area contributed by atoms with Crippen molar-refractivity contribution in [3.05, 3.63) is 131 Å². The van der Waals surface area contributed by atoms with Gasteiger partial charge in [0.25, 0.3) is 0 Å². The van der Waals surface area contributed by atoms with Crippen molar-refractivity contribution in [2.75, 3.05) is 57.2 Å². The molecule has 270 valence electrons. The molecular weight excluding hydrogens is 662 g/mol. The molecule has 10 heteroatoms. The van der Waals surface area contributed by atoms with E-state index in [1.165, 1.54) is 24.3 Å². The normalized spacial score (nSPS) is 18.8. The van der Waals surface area contributed by atoms with Crippen molar-refractivity contribution in [1.29, 1.82) is 0 Å². The highest BCUT2D eigenvalue weighted by Crippen LogP contribution is 2.49. The van der Waals surface area contributed by atoms with Crippen molar-refractivity contribution in [2.24, 2.45) is 5.41 Å². The summed E-state index contributed by atoms with van der Waals surface area (Å²) in [5, 5.41) is 3.62. The number of para-hydroxylation sites is 2. The molecule has 1 unspecified atom stereocenters. The van der Waals surface area contributed by atoms with Gasteiger partial charge in [-0.3, -0.25) is 14.5 Å². The van der Waals surface area contributed by atoms with Gasteiger partial charge in [-0.2, -0.15) is 0 Å². The second-order valence-corrected chi connectivity index (χ2v) is 14.5. The largest absolute Gasteiger partial charge is 0.493 e. The molecule has 0 radical (unpaired) electrons. The molecule has 1 saturated heterocycles. The Bertz CT molecular complexity index is 1940. The SMILES string of the molecule is COc1ccc(C2C3=C(CC(C)(C)CC3=O)Nc3ccccc3N2CC(=O)N2CCN(C(c3ccc(F)cc3)c3ccc(F)cc3)CC2)cc1OC. The van der Waals surface area contributed by atoms with Crippen LogP contribution in [0.2, 0.25) is 0 Å². The summed E-state index contributed by atoms with van der Waals surface area (Å²) in [6.07, 6.45) is 1.07. The number of halogens is 2. The van der Waals surface area contributed by atoms with Crippen LogP contribution in [0.5, 0.6) is 11.5 Å². The molecule has 1 amide bonds. The Labute approximate surface area is 303 Å². The van der Waals surface area contributed by atoms with Crippen LogP contribution >= 0.6 is 0 Å². The Hall–Kier alpha value is -5.22. The Morgan fingerprint density at radius 2 is 1.44 bits per heavy atom. The number of benzene rings is 4. The van der Waals surface area contributed by atoms with E-state index in [-0.39, 0.29) is 41.3 Å². The number of piperazine rings is 1. The highest BCUT2D eigenvalue weighted by molar-refractivity contribution is 6.02. The smallest absolute Gasteiger partial charge is 0.242 e. The summed E-state index contributed by atoms with van der Waals surface area (Å²) < 4.78 is 39.1. The predicted molar refractivity (Wildman–Crippen MR) is 198 cm³/mol. The second-order valence-electron chi connectivity index (χ2n) is 14.5. The highest BCUT2D eigenvalue weighted by atomic mass is 19.1. The number of hydrogen-bond donors (Lipinski definition) is 1. The molecule has 0 spiro atoms. The quantitative estimate of drug-likeness (QED) is 0.203. The third kappa shape index (κ3) is 6.99. The standard InChI is InChI=1S/C42H44F2N4O4/c1-42(2)24-33-39(35(49)25-42)41(29-13-18-36(51-3)37(23-29)52-4)48(34-8-6-5-7-32(34)45-33)26-38(50)46-19-21-47(22-20-46)40(27-9-14-30(43)15-10-27)28-11-16-31(44)17-12-28/h5-18,23,40-41,45H,19-22,24-26H2,1-4H3. The average Bonchev–Trinajstić information content (AvgIpc) is 3.27. The van der Waals surface area contributed by atoms with E-state index in [1.54, 1.807) is 38.5 Å². The molecule has 4 aromatic rings. The lowest BCUT2D eigenvalue weighted by atomic mass is 9.73. The molecule has 0 saturated carbocycles. The minimum Gasteiger partial charge on any atom is -0.493 e.